The van der Waals surface area contributed by atoms with Crippen molar-refractivity contribution in [2.75, 3.05) is 0 Å². The van der Waals surface area contributed by atoms with E-state index in [2.05, 4.69) is 0 Å². The smallest absolute Gasteiger partial charge is 0.198 e. The van der Waals surface area contributed by atoms with Gasteiger partial charge in [0.05, 0.1) is 0 Å². The molecule has 0 amide bonds. The molecule has 1 radical (unpaired) electrons. The summed E-state index contributed by atoms with van der Waals surface area (Å²) >= 11 is 0. The third-order valence-electron chi connectivity index (χ3n) is 3.52. The summed E-state index contributed by atoms with van der Waals surface area (Å²) in [7, 11) is 0. The van der Waals surface area contributed by atoms with E-state index in [9.17, 15) is 9.59 Å². The largest absolute Gasteiger partial charge is 0.291 e. The molecule has 0 spiro atoms. The highest BCUT2D eigenvalue weighted by Crippen LogP contribution is 2.17. The van der Waals surface area contributed by atoms with Crippen LogP contribution in [0.1, 0.15) is 47.2 Å². The maximum Gasteiger partial charge on any atom is 0.198 e. The SMILES string of the molecule is O=[C]CCCCCc1ccccc1C(=O)c1ccccc1. The van der Waals surface area contributed by atoms with E-state index in [1.807, 2.05) is 60.9 Å². The van der Waals surface area contributed by atoms with Crippen LogP contribution in [0.15, 0.2) is 54.6 Å². The minimum Gasteiger partial charge on any atom is -0.291 e. The van der Waals surface area contributed by atoms with Crippen LogP contribution in [0.2, 0.25) is 0 Å². The number of hydrogen-bond donors (Lipinski definition) is 0. The molecule has 0 aromatic heterocycles. The van der Waals surface area contributed by atoms with E-state index in [-0.39, 0.29) is 5.78 Å². The van der Waals surface area contributed by atoms with Gasteiger partial charge in [0.2, 0.25) is 0 Å². The zero-order valence-corrected chi connectivity index (χ0v) is 12.0. The van der Waals surface area contributed by atoms with Crippen molar-refractivity contribution in [1.29, 1.82) is 0 Å². The first-order chi connectivity index (χ1) is 10.3. The second-order valence-electron chi connectivity index (χ2n) is 5.06. The molecule has 0 aliphatic carbocycles. The summed E-state index contributed by atoms with van der Waals surface area (Å²) < 4.78 is 0. The zero-order chi connectivity index (χ0) is 14.9. The molecule has 107 valence electrons. The standard InChI is InChI=1S/C19H19O2/c20-15-9-2-1-4-10-16-11-7-8-14-18(16)19(21)17-12-5-3-6-13-17/h3,5-8,11-14H,1-2,4,9-10H2. The fourth-order valence-electron chi connectivity index (χ4n) is 2.39. The summed E-state index contributed by atoms with van der Waals surface area (Å²) in [6.07, 6.45) is 6.14. The Morgan fingerprint density at radius 2 is 1.57 bits per heavy atom. The second-order valence-corrected chi connectivity index (χ2v) is 5.06. The van der Waals surface area contributed by atoms with Crippen LogP contribution in [0.25, 0.3) is 0 Å². The van der Waals surface area contributed by atoms with E-state index in [4.69, 9.17) is 0 Å². The number of carbonyl (C=O) groups excluding carboxylic acids is 2. The minimum absolute atomic E-state index is 0.0763. The van der Waals surface area contributed by atoms with E-state index in [0.29, 0.717) is 6.42 Å². The van der Waals surface area contributed by atoms with Crippen LogP contribution >= 0.6 is 0 Å². The molecule has 0 saturated carbocycles. The van der Waals surface area contributed by atoms with Crippen LogP contribution < -0.4 is 0 Å². The summed E-state index contributed by atoms with van der Waals surface area (Å²) in [5, 5.41) is 0. The van der Waals surface area contributed by atoms with Gasteiger partial charge in [0.25, 0.3) is 0 Å². The molecule has 0 saturated heterocycles. The molecule has 2 nitrogen and oxygen atoms in total. The molecule has 2 aromatic rings. The summed E-state index contributed by atoms with van der Waals surface area (Å²) in [5.41, 5.74) is 2.59. The van der Waals surface area contributed by atoms with Crippen LogP contribution in [-0.4, -0.2) is 12.1 Å². The van der Waals surface area contributed by atoms with Crippen molar-refractivity contribution < 1.29 is 9.59 Å². The van der Waals surface area contributed by atoms with Gasteiger partial charge in [-0.3, -0.25) is 9.59 Å². The van der Waals surface area contributed by atoms with Crippen molar-refractivity contribution in [2.45, 2.75) is 32.1 Å². The highest BCUT2D eigenvalue weighted by atomic mass is 16.1. The van der Waals surface area contributed by atoms with Crippen molar-refractivity contribution in [3.8, 4) is 0 Å². The zero-order valence-electron chi connectivity index (χ0n) is 12.0. The molecule has 0 aliphatic rings. The van der Waals surface area contributed by atoms with Crippen molar-refractivity contribution in [3.63, 3.8) is 0 Å². The van der Waals surface area contributed by atoms with Crippen LogP contribution in [0.4, 0.5) is 0 Å². The number of aryl methyl sites for hydroxylation is 1. The number of unbranched alkanes of at least 4 members (excludes halogenated alkanes) is 3. The lowest BCUT2D eigenvalue weighted by Gasteiger charge is -2.08. The van der Waals surface area contributed by atoms with Gasteiger partial charge < -0.3 is 0 Å². The van der Waals surface area contributed by atoms with E-state index in [1.165, 1.54) is 0 Å². The first-order valence-corrected chi connectivity index (χ1v) is 7.35. The highest BCUT2D eigenvalue weighted by Gasteiger charge is 2.12. The summed E-state index contributed by atoms with van der Waals surface area (Å²) in [5.74, 6) is 0.0763. The summed E-state index contributed by atoms with van der Waals surface area (Å²) in [4.78, 5) is 22.7. The van der Waals surface area contributed by atoms with Gasteiger partial charge in [-0.25, -0.2) is 0 Å². The van der Waals surface area contributed by atoms with Crippen LogP contribution in [0.3, 0.4) is 0 Å². The Hall–Kier alpha value is -2.22. The molecular formula is C19H19O2. The molecule has 0 heterocycles. The van der Waals surface area contributed by atoms with Crippen LogP contribution in [0.5, 0.6) is 0 Å². The quantitative estimate of drug-likeness (QED) is 0.538. The number of hydrogen-bond acceptors (Lipinski definition) is 2. The van der Waals surface area contributed by atoms with E-state index in [0.717, 1.165) is 42.4 Å². The van der Waals surface area contributed by atoms with Gasteiger partial charge in [-0.15, -0.1) is 0 Å². The topological polar surface area (TPSA) is 34.1 Å². The normalized spacial score (nSPS) is 10.3. The third kappa shape index (κ3) is 4.38. The first kappa shape index (κ1) is 15.2. The fourth-order valence-corrected chi connectivity index (χ4v) is 2.39. The van der Waals surface area contributed by atoms with E-state index in [1.54, 1.807) is 0 Å². The molecular weight excluding hydrogens is 260 g/mol. The number of carbonyl (C=O) groups is 1. The summed E-state index contributed by atoms with van der Waals surface area (Å²) in [6, 6.07) is 17.1. The highest BCUT2D eigenvalue weighted by molar-refractivity contribution is 6.09. The number of benzene rings is 2. The van der Waals surface area contributed by atoms with Gasteiger partial charge in [-0.05, 0) is 24.8 Å². The molecule has 0 aliphatic heterocycles. The van der Waals surface area contributed by atoms with Crippen LogP contribution in [-0.2, 0) is 11.2 Å². The molecule has 2 aromatic carbocycles. The van der Waals surface area contributed by atoms with E-state index >= 15 is 0 Å². The van der Waals surface area contributed by atoms with Crippen molar-refractivity contribution in [2.24, 2.45) is 0 Å². The average molecular weight is 279 g/mol. The fraction of sp³-hybridized carbons (Fsp3) is 0.263. The molecule has 2 rings (SSSR count). The maximum absolute atomic E-state index is 12.6. The van der Waals surface area contributed by atoms with E-state index < -0.39 is 0 Å². The molecule has 0 atom stereocenters. The monoisotopic (exact) mass is 279 g/mol. The first-order valence-electron chi connectivity index (χ1n) is 7.35. The van der Waals surface area contributed by atoms with Gasteiger partial charge in [0, 0.05) is 17.5 Å². The van der Waals surface area contributed by atoms with Gasteiger partial charge in [-0.2, -0.15) is 0 Å². The Kier molecular flexibility index (Phi) is 5.89. The lowest BCUT2D eigenvalue weighted by Crippen LogP contribution is -2.05. The Morgan fingerprint density at radius 1 is 0.857 bits per heavy atom. The average Bonchev–Trinajstić information content (AvgIpc) is 2.55. The minimum atomic E-state index is 0.0763. The predicted octanol–water partition coefficient (Wildman–Crippen LogP) is 4.13. The molecule has 21 heavy (non-hydrogen) atoms. The van der Waals surface area contributed by atoms with Gasteiger partial charge in [-0.1, -0.05) is 61.0 Å². The van der Waals surface area contributed by atoms with Gasteiger partial charge in [0.15, 0.2) is 12.1 Å². The molecule has 0 N–H and O–H groups in total. The Balaban J connectivity index is 2.06. The second kappa shape index (κ2) is 8.15. The molecule has 2 heteroatoms. The molecule has 0 fully saturated rings. The molecule has 0 unspecified atom stereocenters. The Labute approximate surface area is 125 Å². The van der Waals surface area contributed by atoms with Crippen molar-refractivity contribution in [1.82, 2.24) is 0 Å². The summed E-state index contributed by atoms with van der Waals surface area (Å²) in [6.45, 7) is 0. The predicted molar refractivity (Wildman–Crippen MR) is 84.2 cm³/mol. The Morgan fingerprint density at radius 3 is 2.33 bits per heavy atom. The van der Waals surface area contributed by atoms with Crippen molar-refractivity contribution in [3.05, 3.63) is 71.3 Å². The van der Waals surface area contributed by atoms with Crippen LogP contribution in [0, 0.1) is 0 Å². The third-order valence-corrected chi connectivity index (χ3v) is 3.52. The molecule has 0 bridgehead atoms. The lowest BCUT2D eigenvalue weighted by atomic mass is 9.95. The Bertz CT molecular complexity index is 588. The van der Waals surface area contributed by atoms with Gasteiger partial charge in [0.1, 0.15) is 0 Å². The maximum atomic E-state index is 12.6. The number of ketones is 1. The lowest BCUT2D eigenvalue weighted by molar-refractivity contribution is 0.103. The number of rotatable bonds is 8. The van der Waals surface area contributed by atoms with Crippen molar-refractivity contribution >= 4 is 12.1 Å². The van der Waals surface area contributed by atoms with Gasteiger partial charge >= 0.3 is 0 Å².